The maximum atomic E-state index is 12.9. The fraction of sp³-hybridized carbons (Fsp3) is 0.185. The van der Waals surface area contributed by atoms with Crippen molar-refractivity contribution in [1.29, 1.82) is 0 Å². The van der Waals surface area contributed by atoms with Gasteiger partial charge in [-0.3, -0.25) is 14.8 Å². The van der Waals surface area contributed by atoms with Gasteiger partial charge in [0.1, 0.15) is 5.82 Å². The van der Waals surface area contributed by atoms with Crippen molar-refractivity contribution in [1.82, 2.24) is 25.2 Å². The van der Waals surface area contributed by atoms with Crippen LogP contribution in [0.3, 0.4) is 0 Å². The van der Waals surface area contributed by atoms with Crippen LogP contribution in [0.25, 0.3) is 22.4 Å². The molecule has 188 valence electrons. The molecule has 3 amide bonds. The Morgan fingerprint density at radius 3 is 2.32 bits per heavy atom. The molecule has 1 aliphatic heterocycles. The summed E-state index contributed by atoms with van der Waals surface area (Å²) in [6.07, 6.45) is -1.20. The molecule has 0 spiro atoms. The molecule has 1 saturated heterocycles. The summed E-state index contributed by atoms with van der Waals surface area (Å²) in [6, 6.07) is 24.2. The highest BCUT2D eigenvalue weighted by Crippen LogP contribution is 2.26. The van der Waals surface area contributed by atoms with Crippen molar-refractivity contribution in [3.8, 4) is 11.4 Å². The molecule has 0 saturated carbocycles. The summed E-state index contributed by atoms with van der Waals surface area (Å²) in [6.45, 7) is 0.378. The number of nitrogens with zero attached hydrogens (tertiary/aromatic N) is 3. The first-order chi connectivity index (χ1) is 17.9. The Balaban J connectivity index is 1.35. The molecular weight excluding hydrogens is 474 g/mol. The van der Waals surface area contributed by atoms with E-state index in [1.54, 1.807) is 17.6 Å². The molecule has 0 unspecified atom stereocenters. The summed E-state index contributed by atoms with van der Waals surface area (Å²) >= 11 is 0. The van der Waals surface area contributed by atoms with Crippen LogP contribution in [0.1, 0.15) is 15.9 Å². The highest BCUT2D eigenvalue weighted by Gasteiger charge is 2.40. The van der Waals surface area contributed by atoms with E-state index in [0.717, 1.165) is 32.9 Å². The summed E-state index contributed by atoms with van der Waals surface area (Å²) < 4.78 is 2.14. The number of imidazole rings is 1. The molecule has 0 aliphatic carbocycles. The van der Waals surface area contributed by atoms with Gasteiger partial charge in [-0.05, 0) is 29.8 Å². The van der Waals surface area contributed by atoms with Crippen LogP contribution in [0, 0.1) is 5.92 Å². The number of likely N-dealkylation sites (tertiary alicyclic amines) is 1. The van der Waals surface area contributed by atoms with Gasteiger partial charge in [-0.25, -0.2) is 15.3 Å². The van der Waals surface area contributed by atoms with Crippen molar-refractivity contribution in [2.75, 3.05) is 13.1 Å². The lowest BCUT2D eigenvalue weighted by molar-refractivity contribution is -0.133. The number of carboxylic acid groups (broad SMARTS) is 1. The van der Waals surface area contributed by atoms with Gasteiger partial charge in [-0.1, -0.05) is 54.6 Å². The Labute approximate surface area is 212 Å². The molecule has 37 heavy (non-hydrogen) atoms. The van der Waals surface area contributed by atoms with Crippen LogP contribution in [0.15, 0.2) is 78.9 Å². The highest BCUT2D eigenvalue weighted by atomic mass is 16.5. The number of hydrogen-bond donors (Lipinski definition) is 4. The first kappa shape index (κ1) is 24.0. The van der Waals surface area contributed by atoms with Gasteiger partial charge >= 0.3 is 6.09 Å². The zero-order valence-electron chi connectivity index (χ0n) is 19.7. The fourth-order valence-corrected chi connectivity index (χ4v) is 4.69. The van der Waals surface area contributed by atoms with Crippen molar-refractivity contribution < 1.29 is 24.7 Å². The number of hydroxylamine groups is 1. The van der Waals surface area contributed by atoms with Crippen molar-refractivity contribution >= 4 is 28.9 Å². The first-order valence-electron chi connectivity index (χ1n) is 11.8. The number of hydrogen-bond acceptors (Lipinski definition) is 5. The molecule has 1 aliphatic rings. The molecule has 10 heteroatoms. The Hall–Kier alpha value is -4.70. The van der Waals surface area contributed by atoms with Crippen LogP contribution in [0.4, 0.5) is 4.79 Å². The van der Waals surface area contributed by atoms with Gasteiger partial charge in [0.05, 0.1) is 23.0 Å². The maximum absolute atomic E-state index is 12.9. The first-order valence-corrected chi connectivity index (χ1v) is 11.8. The van der Waals surface area contributed by atoms with Gasteiger partial charge in [0.2, 0.25) is 5.91 Å². The van der Waals surface area contributed by atoms with Crippen molar-refractivity contribution in [3.05, 3.63) is 90.0 Å². The minimum atomic E-state index is -1.20. The molecule has 2 atom stereocenters. The standard InChI is InChI=1S/C27H25N5O5/c33-25(29-22-16-31(27(35)36)15-20(22)26(34)30-37)19-12-10-17(11-13-19)14-32-23-9-5-4-8-21(23)28-24(32)18-6-2-1-3-7-18/h1-13,20,22,37H,14-16H2,(H,29,33)(H,30,34)(H,35,36)/t20-,22+/m0/s1. The molecule has 4 N–H and O–H groups in total. The number of amides is 3. The molecule has 5 rings (SSSR count). The quantitative estimate of drug-likeness (QED) is 0.238. The molecule has 0 radical (unpaired) electrons. The third-order valence-electron chi connectivity index (χ3n) is 6.60. The van der Waals surface area contributed by atoms with Crippen molar-refractivity contribution in [2.45, 2.75) is 12.6 Å². The van der Waals surface area contributed by atoms with Gasteiger partial charge in [-0.15, -0.1) is 0 Å². The van der Waals surface area contributed by atoms with E-state index < -0.39 is 29.9 Å². The minimum absolute atomic E-state index is 0.0484. The molecular formula is C27H25N5O5. The lowest BCUT2D eigenvalue weighted by atomic mass is 10.0. The normalized spacial score (nSPS) is 17.1. The second kappa shape index (κ2) is 10.1. The Morgan fingerprint density at radius 1 is 0.919 bits per heavy atom. The monoisotopic (exact) mass is 499 g/mol. The van der Waals surface area contributed by atoms with Crippen LogP contribution in [0.5, 0.6) is 0 Å². The summed E-state index contributed by atoms with van der Waals surface area (Å²) in [5.74, 6) is -1.22. The van der Waals surface area contributed by atoms with Gasteiger partial charge in [0.15, 0.2) is 0 Å². The predicted octanol–water partition coefficient (Wildman–Crippen LogP) is 2.97. The lowest BCUT2D eigenvalue weighted by Crippen LogP contribution is -2.45. The lowest BCUT2D eigenvalue weighted by Gasteiger charge is -2.18. The predicted molar refractivity (Wildman–Crippen MR) is 135 cm³/mol. The number of para-hydroxylation sites is 2. The third-order valence-corrected chi connectivity index (χ3v) is 6.60. The Morgan fingerprint density at radius 2 is 1.62 bits per heavy atom. The van der Waals surface area contributed by atoms with E-state index in [0.29, 0.717) is 12.1 Å². The average Bonchev–Trinajstić information content (AvgIpc) is 3.51. The molecule has 1 aromatic heterocycles. The van der Waals surface area contributed by atoms with Crippen LogP contribution in [-0.2, 0) is 11.3 Å². The minimum Gasteiger partial charge on any atom is -0.465 e. The van der Waals surface area contributed by atoms with Crippen LogP contribution >= 0.6 is 0 Å². The van der Waals surface area contributed by atoms with E-state index in [-0.39, 0.29) is 13.1 Å². The van der Waals surface area contributed by atoms with Gasteiger partial charge in [-0.2, -0.15) is 0 Å². The Bertz CT molecular complexity index is 1450. The summed E-state index contributed by atoms with van der Waals surface area (Å²) in [5, 5.41) is 21.0. The second-order valence-corrected chi connectivity index (χ2v) is 8.92. The zero-order valence-corrected chi connectivity index (χ0v) is 19.7. The van der Waals surface area contributed by atoms with E-state index in [4.69, 9.17) is 10.2 Å². The molecule has 3 aromatic carbocycles. The van der Waals surface area contributed by atoms with E-state index >= 15 is 0 Å². The number of fused-ring (bicyclic) bond motifs is 1. The van der Waals surface area contributed by atoms with E-state index in [1.165, 1.54) is 0 Å². The highest BCUT2D eigenvalue weighted by molar-refractivity contribution is 5.95. The molecule has 1 fully saturated rings. The maximum Gasteiger partial charge on any atom is 0.407 e. The number of benzene rings is 3. The average molecular weight is 500 g/mol. The van der Waals surface area contributed by atoms with Crippen LogP contribution in [-0.4, -0.2) is 61.8 Å². The SMILES string of the molecule is O=C(N[C@@H]1CN(C(=O)O)C[C@@H]1C(=O)NO)c1ccc(Cn2c(-c3ccccc3)nc3ccccc32)cc1. The van der Waals surface area contributed by atoms with E-state index in [2.05, 4.69) is 9.88 Å². The van der Waals surface area contributed by atoms with Gasteiger partial charge in [0.25, 0.3) is 5.91 Å². The summed E-state index contributed by atoms with van der Waals surface area (Å²) in [7, 11) is 0. The second-order valence-electron chi connectivity index (χ2n) is 8.92. The van der Waals surface area contributed by atoms with Crippen LogP contribution < -0.4 is 10.8 Å². The smallest absolute Gasteiger partial charge is 0.407 e. The topological polar surface area (TPSA) is 137 Å². The van der Waals surface area contributed by atoms with Crippen molar-refractivity contribution in [2.24, 2.45) is 5.92 Å². The van der Waals surface area contributed by atoms with Gasteiger partial charge in [0, 0.05) is 30.8 Å². The summed E-state index contributed by atoms with van der Waals surface area (Å²) in [4.78, 5) is 42.1. The number of carbonyl (C=O) groups is 3. The Kier molecular flexibility index (Phi) is 6.57. The number of rotatable bonds is 6. The largest absolute Gasteiger partial charge is 0.465 e. The van der Waals surface area contributed by atoms with Gasteiger partial charge < -0.3 is 19.9 Å². The van der Waals surface area contributed by atoms with E-state index in [1.807, 2.05) is 66.7 Å². The number of carbonyl (C=O) groups excluding carboxylic acids is 2. The fourth-order valence-electron chi connectivity index (χ4n) is 4.69. The summed E-state index contributed by atoms with van der Waals surface area (Å²) in [5.41, 5.74) is 5.79. The molecule has 4 aromatic rings. The van der Waals surface area contributed by atoms with Crippen molar-refractivity contribution in [3.63, 3.8) is 0 Å². The van der Waals surface area contributed by atoms with E-state index in [9.17, 15) is 19.5 Å². The van der Waals surface area contributed by atoms with Crippen LogP contribution in [0.2, 0.25) is 0 Å². The number of nitrogens with one attached hydrogen (secondary N) is 2. The number of aromatic nitrogens is 2. The molecule has 10 nitrogen and oxygen atoms in total. The third kappa shape index (κ3) is 4.87. The zero-order chi connectivity index (χ0) is 25.9. The molecule has 0 bridgehead atoms. The molecule has 2 heterocycles.